The number of hydrogen-bond donors (Lipinski definition) is 0. The Morgan fingerprint density at radius 3 is 2.67 bits per heavy atom. The first-order valence-electron chi connectivity index (χ1n) is 5.50. The van der Waals surface area contributed by atoms with Crippen molar-refractivity contribution in [1.29, 1.82) is 0 Å². The Kier molecular flexibility index (Phi) is 2.97. The molecule has 0 unspecified atom stereocenters. The molecular formula is C14H10FNS2. The van der Waals surface area contributed by atoms with Crippen LogP contribution in [0.3, 0.4) is 0 Å². The fourth-order valence-corrected chi connectivity index (χ4v) is 3.68. The van der Waals surface area contributed by atoms with Crippen LogP contribution in [0.15, 0.2) is 41.1 Å². The largest absolute Gasteiger partial charge is 0.235 e. The van der Waals surface area contributed by atoms with Crippen molar-refractivity contribution in [1.82, 2.24) is 4.98 Å². The van der Waals surface area contributed by atoms with Gasteiger partial charge in [-0.25, -0.2) is 9.37 Å². The summed E-state index contributed by atoms with van der Waals surface area (Å²) in [5.74, 6) is -0.225. The third-order valence-electron chi connectivity index (χ3n) is 2.71. The summed E-state index contributed by atoms with van der Waals surface area (Å²) in [6.07, 6.45) is 0. The highest BCUT2D eigenvalue weighted by molar-refractivity contribution is 7.20. The molecule has 1 aromatic carbocycles. The van der Waals surface area contributed by atoms with Gasteiger partial charge in [0.2, 0.25) is 0 Å². The predicted octanol–water partition coefficient (Wildman–Crippen LogP) is 4.99. The number of halogens is 1. The number of thiophene rings is 1. The van der Waals surface area contributed by atoms with Crippen molar-refractivity contribution in [3.8, 4) is 21.1 Å². The Morgan fingerprint density at radius 2 is 1.94 bits per heavy atom. The Morgan fingerprint density at radius 1 is 1.11 bits per heavy atom. The van der Waals surface area contributed by atoms with Gasteiger partial charge in [-0.15, -0.1) is 22.7 Å². The van der Waals surface area contributed by atoms with Gasteiger partial charge in [-0.3, -0.25) is 0 Å². The smallest absolute Gasteiger partial charge is 0.134 e. The number of rotatable bonds is 2. The van der Waals surface area contributed by atoms with Gasteiger partial charge in [-0.05, 0) is 36.1 Å². The van der Waals surface area contributed by atoms with Crippen LogP contribution in [-0.2, 0) is 0 Å². The van der Waals surface area contributed by atoms with E-state index in [2.05, 4.69) is 23.4 Å². The maximum absolute atomic E-state index is 13.7. The van der Waals surface area contributed by atoms with Gasteiger partial charge >= 0.3 is 0 Å². The van der Waals surface area contributed by atoms with Gasteiger partial charge < -0.3 is 0 Å². The lowest BCUT2D eigenvalue weighted by Crippen LogP contribution is -1.83. The first-order chi connectivity index (χ1) is 8.75. The van der Waals surface area contributed by atoms with E-state index in [1.165, 1.54) is 16.5 Å². The van der Waals surface area contributed by atoms with Crippen molar-refractivity contribution >= 4 is 22.7 Å². The standard InChI is InChI=1S/C14H10FNS2/c1-9-6-7-17-13(9)14-16-12(8-18-14)10-4-2-3-5-11(10)15/h2-8H,1H3. The fourth-order valence-electron chi connectivity index (χ4n) is 1.76. The summed E-state index contributed by atoms with van der Waals surface area (Å²) in [5.41, 5.74) is 2.49. The third-order valence-corrected chi connectivity index (χ3v) is 4.72. The first kappa shape index (κ1) is 11.6. The molecule has 4 heteroatoms. The highest BCUT2D eigenvalue weighted by Gasteiger charge is 2.11. The molecule has 18 heavy (non-hydrogen) atoms. The van der Waals surface area contributed by atoms with Crippen molar-refractivity contribution in [3.63, 3.8) is 0 Å². The number of nitrogens with zero attached hydrogens (tertiary/aromatic N) is 1. The average molecular weight is 275 g/mol. The molecule has 0 saturated heterocycles. The molecule has 0 atom stereocenters. The van der Waals surface area contributed by atoms with Crippen LogP contribution >= 0.6 is 22.7 Å². The fraction of sp³-hybridized carbons (Fsp3) is 0.0714. The van der Waals surface area contributed by atoms with E-state index in [-0.39, 0.29) is 5.82 Å². The molecule has 0 bridgehead atoms. The van der Waals surface area contributed by atoms with E-state index in [1.807, 2.05) is 11.4 Å². The number of hydrogen-bond acceptors (Lipinski definition) is 3. The molecule has 2 heterocycles. The molecule has 1 nitrogen and oxygen atoms in total. The Bertz CT molecular complexity index is 684. The van der Waals surface area contributed by atoms with E-state index in [1.54, 1.807) is 34.8 Å². The zero-order chi connectivity index (χ0) is 12.5. The van der Waals surface area contributed by atoms with Crippen molar-refractivity contribution in [2.45, 2.75) is 6.92 Å². The minimum absolute atomic E-state index is 0.225. The van der Waals surface area contributed by atoms with Crippen LogP contribution in [-0.4, -0.2) is 4.98 Å². The summed E-state index contributed by atoms with van der Waals surface area (Å²) in [7, 11) is 0. The van der Waals surface area contributed by atoms with Crippen LogP contribution in [0.4, 0.5) is 4.39 Å². The summed E-state index contributed by atoms with van der Waals surface area (Å²) < 4.78 is 13.7. The minimum Gasteiger partial charge on any atom is -0.235 e. The molecule has 0 aliphatic heterocycles. The van der Waals surface area contributed by atoms with Crippen molar-refractivity contribution in [3.05, 3.63) is 52.5 Å². The lowest BCUT2D eigenvalue weighted by atomic mass is 10.1. The molecule has 0 amide bonds. The minimum atomic E-state index is -0.225. The summed E-state index contributed by atoms with van der Waals surface area (Å²) in [5, 5.41) is 4.92. The Balaban J connectivity index is 2.05. The Hall–Kier alpha value is -1.52. The maximum atomic E-state index is 13.7. The molecule has 0 aliphatic rings. The van der Waals surface area contributed by atoms with Crippen LogP contribution in [0.1, 0.15) is 5.56 Å². The van der Waals surface area contributed by atoms with E-state index >= 15 is 0 Å². The normalized spacial score (nSPS) is 10.8. The predicted molar refractivity (Wildman–Crippen MR) is 75.6 cm³/mol. The summed E-state index contributed by atoms with van der Waals surface area (Å²) in [4.78, 5) is 5.70. The molecule has 0 spiro atoms. The third kappa shape index (κ3) is 1.98. The van der Waals surface area contributed by atoms with E-state index in [0.717, 1.165) is 5.01 Å². The number of aromatic nitrogens is 1. The van der Waals surface area contributed by atoms with E-state index in [9.17, 15) is 4.39 Å². The Labute approximate surface area is 113 Å². The van der Waals surface area contributed by atoms with Gasteiger partial charge in [0.05, 0.1) is 10.6 Å². The zero-order valence-corrected chi connectivity index (χ0v) is 11.3. The van der Waals surface area contributed by atoms with Crippen LogP contribution in [0.2, 0.25) is 0 Å². The molecule has 0 fully saturated rings. The molecule has 3 aromatic rings. The van der Waals surface area contributed by atoms with Gasteiger partial charge in [-0.1, -0.05) is 12.1 Å². The van der Waals surface area contributed by atoms with E-state index in [4.69, 9.17) is 0 Å². The van der Waals surface area contributed by atoms with Crippen LogP contribution < -0.4 is 0 Å². The summed E-state index contributed by atoms with van der Waals surface area (Å²) >= 11 is 3.23. The molecule has 2 aromatic heterocycles. The van der Waals surface area contributed by atoms with Crippen molar-refractivity contribution in [2.75, 3.05) is 0 Å². The lowest BCUT2D eigenvalue weighted by Gasteiger charge is -1.97. The highest BCUT2D eigenvalue weighted by Crippen LogP contribution is 2.34. The SMILES string of the molecule is Cc1ccsc1-c1nc(-c2ccccc2F)cs1. The first-order valence-corrected chi connectivity index (χ1v) is 7.26. The van der Waals surface area contributed by atoms with Crippen LogP contribution in [0.5, 0.6) is 0 Å². The van der Waals surface area contributed by atoms with Crippen molar-refractivity contribution < 1.29 is 4.39 Å². The quantitative estimate of drug-likeness (QED) is 0.642. The molecule has 0 N–H and O–H groups in total. The van der Waals surface area contributed by atoms with Crippen LogP contribution in [0, 0.1) is 12.7 Å². The number of aryl methyl sites for hydroxylation is 1. The van der Waals surface area contributed by atoms with Gasteiger partial charge in [0.1, 0.15) is 10.8 Å². The molecule has 90 valence electrons. The van der Waals surface area contributed by atoms with Crippen LogP contribution in [0.25, 0.3) is 21.1 Å². The second kappa shape index (κ2) is 4.63. The zero-order valence-electron chi connectivity index (χ0n) is 9.68. The lowest BCUT2D eigenvalue weighted by molar-refractivity contribution is 0.631. The second-order valence-corrected chi connectivity index (χ2v) is 5.72. The van der Waals surface area contributed by atoms with E-state index < -0.39 is 0 Å². The molecular weight excluding hydrogens is 265 g/mol. The highest BCUT2D eigenvalue weighted by atomic mass is 32.1. The van der Waals surface area contributed by atoms with E-state index in [0.29, 0.717) is 11.3 Å². The monoisotopic (exact) mass is 275 g/mol. The maximum Gasteiger partial charge on any atom is 0.134 e. The molecule has 3 rings (SSSR count). The molecule has 0 saturated carbocycles. The average Bonchev–Trinajstić information content (AvgIpc) is 2.98. The van der Waals surface area contributed by atoms with Gasteiger partial charge in [0.15, 0.2) is 0 Å². The summed E-state index contributed by atoms with van der Waals surface area (Å²) in [6, 6.07) is 8.81. The van der Waals surface area contributed by atoms with Gasteiger partial charge in [0, 0.05) is 10.9 Å². The van der Waals surface area contributed by atoms with Gasteiger partial charge in [-0.2, -0.15) is 0 Å². The molecule has 0 radical (unpaired) electrons. The topological polar surface area (TPSA) is 12.9 Å². The number of thiazole rings is 1. The number of benzene rings is 1. The molecule has 0 aliphatic carbocycles. The van der Waals surface area contributed by atoms with Gasteiger partial charge in [0.25, 0.3) is 0 Å². The van der Waals surface area contributed by atoms with Crippen molar-refractivity contribution in [2.24, 2.45) is 0 Å². The second-order valence-electron chi connectivity index (χ2n) is 3.95. The summed E-state index contributed by atoms with van der Waals surface area (Å²) in [6.45, 7) is 2.07.